The van der Waals surface area contributed by atoms with Gasteiger partial charge in [0.15, 0.2) is 0 Å². The van der Waals surface area contributed by atoms with Gasteiger partial charge in [-0.15, -0.1) is 0 Å². The molecule has 0 aliphatic heterocycles. The van der Waals surface area contributed by atoms with Crippen LogP contribution in [0.5, 0.6) is 0 Å². The van der Waals surface area contributed by atoms with Crippen LogP contribution < -0.4 is 0 Å². The smallest absolute Gasteiger partial charge is 0.0830 e. The Hall–Kier alpha value is -1.11. The van der Waals surface area contributed by atoms with Crippen LogP contribution in [0.25, 0.3) is 0 Å². The van der Waals surface area contributed by atoms with Gasteiger partial charge in [-0.2, -0.15) is 0 Å². The van der Waals surface area contributed by atoms with Gasteiger partial charge in [0.1, 0.15) is 0 Å². The van der Waals surface area contributed by atoms with Crippen molar-refractivity contribution < 1.29 is 4.39 Å². The van der Waals surface area contributed by atoms with Crippen LogP contribution in [0.3, 0.4) is 0 Å². The summed E-state index contributed by atoms with van der Waals surface area (Å²) in [6.07, 6.45) is 14.0. The van der Waals surface area contributed by atoms with Crippen molar-refractivity contribution in [2.24, 2.45) is 11.8 Å². The summed E-state index contributed by atoms with van der Waals surface area (Å²) in [5.41, 5.74) is 2.62. The van der Waals surface area contributed by atoms with Gasteiger partial charge in [0.25, 0.3) is 0 Å². The van der Waals surface area contributed by atoms with Crippen LogP contribution in [-0.2, 0) is 12.8 Å². The van der Waals surface area contributed by atoms with Gasteiger partial charge in [0.05, 0.1) is 6.33 Å². The maximum Gasteiger partial charge on any atom is 0.0830 e. The first kappa shape index (κ1) is 16.3. The van der Waals surface area contributed by atoms with E-state index in [0.717, 1.165) is 11.8 Å². The van der Waals surface area contributed by atoms with Crippen molar-refractivity contribution >= 4 is 0 Å². The molecule has 116 valence electrons. The first-order chi connectivity index (χ1) is 10.3. The average molecular weight is 288 g/mol. The SMILES string of the molecule is CCC[C@H]1CC[C@H](CCc2ccc(CC=CF)cc2)CC1. The molecule has 0 radical (unpaired) electrons. The lowest BCUT2D eigenvalue weighted by atomic mass is 9.78. The molecule has 1 fully saturated rings. The predicted molar refractivity (Wildman–Crippen MR) is 89.1 cm³/mol. The minimum Gasteiger partial charge on any atom is -0.216 e. The van der Waals surface area contributed by atoms with E-state index >= 15 is 0 Å². The Balaban J connectivity index is 1.71. The van der Waals surface area contributed by atoms with E-state index < -0.39 is 0 Å². The molecule has 1 aromatic carbocycles. The first-order valence-electron chi connectivity index (χ1n) is 8.64. The van der Waals surface area contributed by atoms with Gasteiger partial charge in [-0.25, -0.2) is 4.39 Å². The van der Waals surface area contributed by atoms with Crippen molar-refractivity contribution in [3.8, 4) is 0 Å². The Morgan fingerprint density at radius 2 is 1.52 bits per heavy atom. The molecule has 0 N–H and O–H groups in total. The topological polar surface area (TPSA) is 0 Å². The van der Waals surface area contributed by atoms with Crippen LogP contribution in [0.2, 0.25) is 0 Å². The van der Waals surface area contributed by atoms with Gasteiger partial charge in [0, 0.05) is 0 Å². The highest BCUT2D eigenvalue weighted by molar-refractivity contribution is 5.24. The Morgan fingerprint density at radius 1 is 0.952 bits per heavy atom. The molecule has 0 heterocycles. The van der Waals surface area contributed by atoms with Crippen LogP contribution in [0.15, 0.2) is 36.7 Å². The average Bonchev–Trinajstić information content (AvgIpc) is 2.53. The van der Waals surface area contributed by atoms with Crippen molar-refractivity contribution in [1.82, 2.24) is 0 Å². The van der Waals surface area contributed by atoms with E-state index in [1.165, 1.54) is 62.5 Å². The zero-order valence-electron chi connectivity index (χ0n) is 13.4. The van der Waals surface area contributed by atoms with E-state index in [1.54, 1.807) is 6.08 Å². The molecule has 1 aromatic rings. The number of rotatable bonds is 7. The molecule has 0 aromatic heterocycles. The Morgan fingerprint density at radius 3 is 2.10 bits per heavy atom. The van der Waals surface area contributed by atoms with E-state index in [1.807, 2.05) is 0 Å². The summed E-state index contributed by atoms with van der Waals surface area (Å²) in [5, 5.41) is 0. The minimum absolute atomic E-state index is 0.628. The summed E-state index contributed by atoms with van der Waals surface area (Å²) in [4.78, 5) is 0. The van der Waals surface area contributed by atoms with Crippen molar-refractivity contribution in [2.45, 2.75) is 64.7 Å². The molecule has 1 aliphatic rings. The van der Waals surface area contributed by atoms with Gasteiger partial charge in [0.2, 0.25) is 0 Å². The van der Waals surface area contributed by atoms with E-state index in [-0.39, 0.29) is 0 Å². The Bertz CT molecular complexity index is 410. The lowest BCUT2D eigenvalue weighted by molar-refractivity contribution is 0.252. The fourth-order valence-corrected chi connectivity index (χ4v) is 3.61. The van der Waals surface area contributed by atoms with Crippen LogP contribution in [0, 0.1) is 11.8 Å². The van der Waals surface area contributed by atoms with Gasteiger partial charge in [-0.3, -0.25) is 0 Å². The summed E-state index contributed by atoms with van der Waals surface area (Å²) in [6.45, 7) is 2.30. The normalized spacial score (nSPS) is 22.8. The van der Waals surface area contributed by atoms with E-state index in [0.29, 0.717) is 12.8 Å². The molecule has 1 aliphatic carbocycles. The Labute approximate surface area is 129 Å². The molecule has 0 amide bonds. The highest BCUT2D eigenvalue weighted by Gasteiger charge is 2.20. The molecule has 0 atom stereocenters. The first-order valence-corrected chi connectivity index (χ1v) is 8.64. The molecule has 0 spiro atoms. The second kappa shape index (κ2) is 9.02. The van der Waals surface area contributed by atoms with Crippen molar-refractivity contribution in [2.75, 3.05) is 0 Å². The van der Waals surface area contributed by atoms with Gasteiger partial charge in [-0.1, -0.05) is 75.8 Å². The number of benzene rings is 1. The predicted octanol–water partition coefficient (Wildman–Crippen LogP) is 6.25. The molecular formula is C20H29F. The molecular weight excluding hydrogens is 259 g/mol. The van der Waals surface area contributed by atoms with E-state index in [2.05, 4.69) is 31.2 Å². The third kappa shape index (κ3) is 5.65. The molecule has 0 saturated heterocycles. The van der Waals surface area contributed by atoms with Gasteiger partial charge in [-0.05, 0) is 42.2 Å². The number of halogens is 1. The second-order valence-corrected chi connectivity index (χ2v) is 6.60. The zero-order valence-corrected chi connectivity index (χ0v) is 13.4. The third-order valence-corrected chi connectivity index (χ3v) is 4.97. The zero-order chi connectivity index (χ0) is 14.9. The van der Waals surface area contributed by atoms with Gasteiger partial charge < -0.3 is 0 Å². The molecule has 1 saturated carbocycles. The van der Waals surface area contributed by atoms with Crippen molar-refractivity contribution in [3.05, 3.63) is 47.8 Å². The summed E-state index contributed by atoms with van der Waals surface area (Å²) in [6, 6.07) is 8.69. The second-order valence-electron chi connectivity index (χ2n) is 6.60. The maximum absolute atomic E-state index is 12.0. The van der Waals surface area contributed by atoms with Crippen LogP contribution >= 0.6 is 0 Å². The number of hydrogen-bond donors (Lipinski definition) is 0. The molecule has 1 heteroatoms. The summed E-state index contributed by atoms with van der Waals surface area (Å²) < 4.78 is 12.0. The highest BCUT2D eigenvalue weighted by Crippen LogP contribution is 2.33. The summed E-state index contributed by atoms with van der Waals surface area (Å²) in [5.74, 6) is 1.95. The van der Waals surface area contributed by atoms with Crippen molar-refractivity contribution in [1.29, 1.82) is 0 Å². The lowest BCUT2D eigenvalue weighted by Crippen LogP contribution is -2.15. The lowest BCUT2D eigenvalue weighted by Gasteiger charge is -2.28. The van der Waals surface area contributed by atoms with Gasteiger partial charge >= 0.3 is 0 Å². The van der Waals surface area contributed by atoms with Crippen LogP contribution in [0.1, 0.15) is 63.0 Å². The quantitative estimate of drug-likeness (QED) is 0.556. The maximum atomic E-state index is 12.0. The number of allylic oxidation sites excluding steroid dienone is 1. The molecule has 21 heavy (non-hydrogen) atoms. The summed E-state index contributed by atoms with van der Waals surface area (Å²) >= 11 is 0. The third-order valence-electron chi connectivity index (χ3n) is 4.97. The fraction of sp³-hybridized carbons (Fsp3) is 0.600. The standard InChI is InChI=1S/C20H29F/c1-2-4-17-6-10-19(11-7-17)14-15-20-12-8-18(9-13-20)5-3-16-21/h3,8-9,12-13,16-17,19H,2,4-7,10-11,14-15H2,1H3/t17-,19-. The molecule has 2 rings (SSSR count). The van der Waals surface area contributed by atoms with Crippen LogP contribution in [0.4, 0.5) is 4.39 Å². The van der Waals surface area contributed by atoms with E-state index in [4.69, 9.17) is 0 Å². The molecule has 0 unspecified atom stereocenters. The number of aryl methyl sites for hydroxylation is 1. The Kier molecular flexibility index (Phi) is 6.99. The molecule has 0 nitrogen and oxygen atoms in total. The molecule has 0 bridgehead atoms. The fourth-order valence-electron chi connectivity index (χ4n) is 3.61. The largest absolute Gasteiger partial charge is 0.216 e. The van der Waals surface area contributed by atoms with Crippen LogP contribution in [-0.4, -0.2) is 0 Å². The van der Waals surface area contributed by atoms with Crippen molar-refractivity contribution in [3.63, 3.8) is 0 Å². The van der Waals surface area contributed by atoms with E-state index in [9.17, 15) is 4.39 Å². The highest BCUT2D eigenvalue weighted by atomic mass is 19.1. The summed E-state index contributed by atoms with van der Waals surface area (Å²) in [7, 11) is 0. The number of hydrogen-bond acceptors (Lipinski definition) is 0. The minimum atomic E-state index is 0.628. The monoisotopic (exact) mass is 288 g/mol.